The summed E-state index contributed by atoms with van der Waals surface area (Å²) in [5, 5.41) is 6.12. The van der Waals surface area contributed by atoms with Crippen molar-refractivity contribution >= 4 is 45.1 Å². The lowest BCUT2D eigenvalue weighted by atomic mass is 10.4. The van der Waals surface area contributed by atoms with E-state index in [0.717, 1.165) is 14.2 Å². The number of anilines is 1. The zero-order chi connectivity index (χ0) is 10.4. The molecule has 0 fully saturated rings. The standard InChI is InChI=1S/C8H5ClN4S2/c9-5-2-1-4(15-5)7-11-8-13(12-7)6(10)3-14-8/h1-3H,10H2. The molecule has 0 saturated heterocycles. The van der Waals surface area contributed by atoms with Gasteiger partial charge in [-0.1, -0.05) is 11.6 Å². The minimum absolute atomic E-state index is 0.608. The molecule has 3 heterocycles. The number of fused-ring (bicyclic) bond motifs is 1. The molecule has 2 N–H and O–H groups in total. The van der Waals surface area contributed by atoms with Gasteiger partial charge in [0.2, 0.25) is 4.96 Å². The molecule has 15 heavy (non-hydrogen) atoms. The monoisotopic (exact) mass is 256 g/mol. The maximum atomic E-state index is 5.85. The second-order valence-corrected chi connectivity index (χ2v) is 5.45. The van der Waals surface area contributed by atoms with Crippen molar-refractivity contribution in [3.8, 4) is 10.7 Å². The van der Waals surface area contributed by atoms with Crippen molar-refractivity contribution in [3.05, 3.63) is 21.8 Å². The molecule has 0 unspecified atom stereocenters. The Labute approximate surface area is 97.9 Å². The van der Waals surface area contributed by atoms with Gasteiger partial charge < -0.3 is 5.73 Å². The predicted octanol–water partition coefficient (Wildman–Crippen LogP) is 2.75. The molecule has 3 rings (SSSR count). The smallest absolute Gasteiger partial charge is 0.214 e. The van der Waals surface area contributed by atoms with E-state index in [4.69, 9.17) is 17.3 Å². The summed E-state index contributed by atoms with van der Waals surface area (Å²) >= 11 is 8.78. The van der Waals surface area contributed by atoms with Crippen molar-refractivity contribution in [3.63, 3.8) is 0 Å². The number of aromatic nitrogens is 3. The van der Waals surface area contributed by atoms with Crippen LogP contribution in [0.4, 0.5) is 5.82 Å². The number of hydrogen-bond acceptors (Lipinski definition) is 5. The molecule has 4 nitrogen and oxygen atoms in total. The van der Waals surface area contributed by atoms with Crippen molar-refractivity contribution < 1.29 is 0 Å². The number of halogens is 1. The van der Waals surface area contributed by atoms with E-state index in [9.17, 15) is 0 Å². The second kappa shape index (κ2) is 3.19. The summed E-state index contributed by atoms with van der Waals surface area (Å²) in [4.78, 5) is 6.11. The number of thiazole rings is 1. The third-order valence-electron chi connectivity index (χ3n) is 1.90. The highest BCUT2D eigenvalue weighted by Gasteiger charge is 2.11. The molecule has 76 valence electrons. The first-order chi connectivity index (χ1) is 7.24. The van der Waals surface area contributed by atoms with Gasteiger partial charge in [0.25, 0.3) is 0 Å². The first kappa shape index (κ1) is 9.14. The van der Waals surface area contributed by atoms with Crippen LogP contribution in [0.5, 0.6) is 0 Å². The van der Waals surface area contributed by atoms with Crippen LogP contribution in [0.1, 0.15) is 0 Å². The number of nitrogens with two attached hydrogens (primary N) is 1. The third-order valence-corrected chi connectivity index (χ3v) is 3.96. The minimum atomic E-state index is 0.608. The summed E-state index contributed by atoms with van der Waals surface area (Å²) in [6.07, 6.45) is 0. The van der Waals surface area contributed by atoms with Crippen molar-refractivity contribution in [2.75, 3.05) is 5.73 Å². The van der Waals surface area contributed by atoms with Crippen molar-refractivity contribution in [1.82, 2.24) is 14.6 Å². The van der Waals surface area contributed by atoms with E-state index in [-0.39, 0.29) is 0 Å². The molecular weight excluding hydrogens is 252 g/mol. The highest BCUT2D eigenvalue weighted by Crippen LogP contribution is 2.30. The minimum Gasteiger partial charge on any atom is -0.383 e. The maximum absolute atomic E-state index is 5.85. The molecule has 0 radical (unpaired) electrons. The van der Waals surface area contributed by atoms with Crippen LogP contribution in [0.25, 0.3) is 15.7 Å². The van der Waals surface area contributed by atoms with E-state index in [2.05, 4.69) is 10.1 Å². The SMILES string of the molecule is Nc1csc2nc(-c3ccc(Cl)s3)nn12. The lowest BCUT2D eigenvalue weighted by Crippen LogP contribution is -1.92. The van der Waals surface area contributed by atoms with E-state index in [0.29, 0.717) is 11.6 Å². The number of nitrogen functional groups attached to an aromatic ring is 1. The fourth-order valence-corrected chi connectivity index (χ4v) is 2.93. The molecule has 0 aliphatic rings. The second-order valence-electron chi connectivity index (χ2n) is 2.89. The Hall–Kier alpha value is -1.11. The quantitative estimate of drug-likeness (QED) is 0.728. The molecule has 0 atom stereocenters. The lowest BCUT2D eigenvalue weighted by molar-refractivity contribution is 0.995. The molecule has 0 amide bonds. The first-order valence-corrected chi connectivity index (χ1v) is 6.17. The summed E-state index contributed by atoms with van der Waals surface area (Å²) in [5.41, 5.74) is 5.72. The van der Waals surface area contributed by atoms with Gasteiger partial charge in [0, 0.05) is 5.38 Å². The zero-order valence-electron chi connectivity index (χ0n) is 7.35. The largest absolute Gasteiger partial charge is 0.383 e. The topological polar surface area (TPSA) is 56.2 Å². The van der Waals surface area contributed by atoms with Crippen LogP contribution >= 0.6 is 34.3 Å². The van der Waals surface area contributed by atoms with Gasteiger partial charge in [0.1, 0.15) is 5.82 Å². The summed E-state index contributed by atoms with van der Waals surface area (Å²) in [5.74, 6) is 1.28. The van der Waals surface area contributed by atoms with Gasteiger partial charge in [-0.3, -0.25) is 0 Å². The Kier molecular flexibility index (Phi) is 1.95. The van der Waals surface area contributed by atoms with Crippen molar-refractivity contribution in [2.24, 2.45) is 0 Å². The van der Waals surface area contributed by atoms with Gasteiger partial charge in [0.05, 0.1) is 9.21 Å². The fraction of sp³-hybridized carbons (Fsp3) is 0. The molecule has 3 aromatic heterocycles. The normalized spacial score (nSPS) is 11.3. The van der Waals surface area contributed by atoms with Crippen LogP contribution in [-0.4, -0.2) is 14.6 Å². The average molecular weight is 257 g/mol. The molecule has 0 aliphatic carbocycles. The molecule has 7 heteroatoms. The molecule has 0 aromatic carbocycles. The van der Waals surface area contributed by atoms with Crippen LogP contribution in [0, 0.1) is 0 Å². The van der Waals surface area contributed by atoms with Crippen molar-refractivity contribution in [1.29, 1.82) is 0 Å². The molecule has 3 aromatic rings. The number of hydrogen-bond donors (Lipinski definition) is 1. The Morgan fingerprint density at radius 2 is 2.27 bits per heavy atom. The highest BCUT2D eigenvalue weighted by molar-refractivity contribution is 7.19. The third kappa shape index (κ3) is 1.41. The summed E-state index contributed by atoms with van der Waals surface area (Å²) in [6.45, 7) is 0. The van der Waals surface area contributed by atoms with Gasteiger partial charge in [0.15, 0.2) is 5.82 Å². The van der Waals surface area contributed by atoms with Crippen LogP contribution < -0.4 is 5.73 Å². The van der Waals surface area contributed by atoms with E-state index < -0.39 is 0 Å². The van der Waals surface area contributed by atoms with Gasteiger partial charge in [-0.25, -0.2) is 0 Å². The first-order valence-electron chi connectivity index (χ1n) is 4.09. The Bertz CT molecular complexity index is 623. The summed E-state index contributed by atoms with van der Waals surface area (Å²) < 4.78 is 2.37. The average Bonchev–Trinajstić information content (AvgIpc) is 2.84. The highest BCUT2D eigenvalue weighted by atomic mass is 35.5. The predicted molar refractivity (Wildman–Crippen MR) is 63.6 cm³/mol. The Morgan fingerprint density at radius 3 is 2.93 bits per heavy atom. The van der Waals surface area contributed by atoms with Crippen molar-refractivity contribution in [2.45, 2.75) is 0 Å². The van der Waals surface area contributed by atoms with Gasteiger partial charge in [-0.15, -0.1) is 27.8 Å². The van der Waals surface area contributed by atoms with Crippen LogP contribution in [-0.2, 0) is 0 Å². The number of nitrogens with zero attached hydrogens (tertiary/aromatic N) is 3. The van der Waals surface area contributed by atoms with Crippen LogP contribution in [0.2, 0.25) is 4.34 Å². The maximum Gasteiger partial charge on any atom is 0.214 e. The number of rotatable bonds is 1. The van der Waals surface area contributed by atoms with Gasteiger partial charge in [-0.2, -0.15) is 9.50 Å². The summed E-state index contributed by atoms with van der Waals surface area (Å²) in [7, 11) is 0. The van der Waals surface area contributed by atoms with E-state index in [1.807, 2.05) is 17.5 Å². The van der Waals surface area contributed by atoms with E-state index in [1.165, 1.54) is 22.7 Å². The molecule has 0 aliphatic heterocycles. The summed E-state index contributed by atoms with van der Waals surface area (Å²) in [6, 6.07) is 3.74. The molecule has 0 spiro atoms. The lowest BCUT2D eigenvalue weighted by Gasteiger charge is -1.86. The Balaban J connectivity index is 2.19. The van der Waals surface area contributed by atoms with Gasteiger partial charge in [-0.05, 0) is 12.1 Å². The van der Waals surface area contributed by atoms with Crippen LogP contribution in [0.15, 0.2) is 17.5 Å². The van der Waals surface area contributed by atoms with Crippen LogP contribution in [0.3, 0.4) is 0 Å². The molecule has 0 saturated carbocycles. The van der Waals surface area contributed by atoms with E-state index >= 15 is 0 Å². The van der Waals surface area contributed by atoms with E-state index in [1.54, 1.807) is 4.52 Å². The molecular formula is C8H5ClN4S2. The Morgan fingerprint density at radius 1 is 1.40 bits per heavy atom. The fourth-order valence-electron chi connectivity index (χ4n) is 1.24. The number of thiophene rings is 1. The zero-order valence-corrected chi connectivity index (χ0v) is 9.73. The molecule has 0 bridgehead atoms. The van der Waals surface area contributed by atoms with Gasteiger partial charge >= 0.3 is 0 Å².